The number of rotatable bonds is 10. The fraction of sp³-hybridized carbons (Fsp3) is 0.222. The number of fused-ring (bicyclic) bond motifs is 1. The number of nitrogens with zero attached hydrogens (tertiary/aromatic N) is 2. The highest BCUT2D eigenvalue weighted by Crippen LogP contribution is 2.24. The van der Waals surface area contributed by atoms with Crippen LogP contribution in [0.25, 0.3) is 11.0 Å². The Kier molecular flexibility index (Phi) is 8.18. The normalized spacial score (nSPS) is 10.9. The van der Waals surface area contributed by atoms with Gasteiger partial charge in [0.1, 0.15) is 0 Å². The molecule has 0 atom stereocenters. The third kappa shape index (κ3) is 6.29. The molecule has 0 radical (unpaired) electrons. The Hall–Kier alpha value is -3.62. The van der Waals surface area contributed by atoms with Crippen LogP contribution in [0.5, 0.6) is 0 Å². The van der Waals surface area contributed by atoms with Gasteiger partial charge in [0.15, 0.2) is 5.16 Å². The zero-order valence-electron chi connectivity index (χ0n) is 19.8. The van der Waals surface area contributed by atoms with Crippen LogP contribution < -0.4 is 10.6 Å². The molecular formula is C27H28N4O3S. The number of hydrogen-bond donors (Lipinski definition) is 2. The van der Waals surface area contributed by atoms with Crippen LogP contribution in [0.15, 0.2) is 78.0 Å². The van der Waals surface area contributed by atoms with Gasteiger partial charge in [-0.3, -0.25) is 9.59 Å². The van der Waals surface area contributed by atoms with Crippen molar-refractivity contribution in [2.45, 2.75) is 25.2 Å². The molecule has 180 valence electrons. The van der Waals surface area contributed by atoms with Gasteiger partial charge in [0.2, 0.25) is 5.91 Å². The number of benzene rings is 3. The number of hydrogen-bond acceptors (Lipinski definition) is 5. The minimum atomic E-state index is -0.240. The van der Waals surface area contributed by atoms with Gasteiger partial charge in [-0.2, -0.15) is 0 Å². The van der Waals surface area contributed by atoms with Crippen LogP contribution >= 0.6 is 11.8 Å². The Morgan fingerprint density at radius 2 is 1.74 bits per heavy atom. The third-order valence-corrected chi connectivity index (χ3v) is 6.47. The van der Waals surface area contributed by atoms with Crippen molar-refractivity contribution in [3.8, 4) is 0 Å². The zero-order valence-corrected chi connectivity index (χ0v) is 20.6. The molecule has 0 aliphatic carbocycles. The molecule has 1 heterocycles. The van der Waals surface area contributed by atoms with E-state index in [2.05, 4.69) is 20.2 Å². The average molecular weight is 489 g/mol. The molecule has 0 saturated carbocycles. The lowest BCUT2D eigenvalue weighted by molar-refractivity contribution is -0.113. The van der Waals surface area contributed by atoms with E-state index < -0.39 is 0 Å². The van der Waals surface area contributed by atoms with Gasteiger partial charge < -0.3 is 19.9 Å². The highest BCUT2D eigenvalue weighted by Gasteiger charge is 2.16. The van der Waals surface area contributed by atoms with E-state index in [1.54, 1.807) is 31.4 Å². The van der Waals surface area contributed by atoms with Crippen LogP contribution in [0, 0.1) is 6.92 Å². The van der Waals surface area contributed by atoms with Crippen molar-refractivity contribution in [1.82, 2.24) is 14.9 Å². The number of imidazole rings is 1. The standard InChI is InChI=1S/C27H28N4O3S/c1-19-11-13-20(14-12-19)17-28-26(33)21-7-3-4-8-22(21)29-25(32)18-35-27-30-23-9-5-6-10-24(23)31(27)15-16-34-2/h3-14H,15-18H2,1-2H3,(H,28,33)(H,29,32). The van der Waals surface area contributed by atoms with Gasteiger partial charge in [0, 0.05) is 20.2 Å². The Balaban J connectivity index is 1.40. The number of ether oxygens (including phenoxy) is 1. The lowest BCUT2D eigenvalue weighted by atomic mass is 10.1. The minimum Gasteiger partial charge on any atom is -0.383 e. The number of aryl methyl sites for hydroxylation is 1. The summed E-state index contributed by atoms with van der Waals surface area (Å²) in [6.45, 7) is 3.62. The predicted octanol–water partition coefficient (Wildman–Crippen LogP) is 4.65. The van der Waals surface area contributed by atoms with Gasteiger partial charge >= 0.3 is 0 Å². The Morgan fingerprint density at radius 3 is 2.54 bits per heavy atom. The summed E-state index contributed by atoms with van der Waals surface area (Å²) in [6.07, 6.45) is 0. The maximum Gasteiger partial charge on any atom is 0.253 e. The molecule has 0 unspecified atom stereocenters. The Bertz CT molecular complexity index is 1320. The molecule has 7 nitrogen and oxygen atoms in total. The summed E-state index contributed by atoms with van der Waals surface area (Å²) in [7, 11) is 1.66. The van der Waals surface area contributed by atoms with Gasteiger partial charge in [-0.15, -0.1) is 0 Å². The number of aromatic nitrogens is 2. The first-order valence-electron chi connectivity index (χ1n) is 11.3. The molecule has 0 spiro atoms. The van der Waals surface area contributed by atoms with E-state index in [1.807, 2.05) is 55.5 Å². The van der Waals surface area contributed by atoms with E-state index >= 15 is 0 Å². The Morgan fingerprint density at radius 1 is 1.00 bits per heavy atom. The van der Waals surface area contributed by atoms with Crippen LogP contribution in [0.4, 0.5) is 5.69 Å². The van der Waals surface area contributed by atoms with E-state index in [4.69, 9.17) is 4.74 Å². The molecular weight excluding hydrogens is 460 g/mol. The molecule has 8 heteroatoms. The second-order valence-electron chi connectivity index (χ2n) is 8.08. The number of para-hydroxylation sites is 3. The molecule has 0 saturated heterocycles. The highest BCUT2D eigenvalue weighted by atomic mass is 32.2. The van der Waals surface area contributed by atoms with E-state index in [0.717, 1.165) is 21.8 Å². The van der Waals surface area contributed by atoms with Crippen molar-refractivity contribution in [3.63, 3.8) is 0 Å². The number of methoxy groups -OCH3 is 1. The van der Waals surface area contributed by atoms with E-state index in [1.165, 1.54) is 17.3 Å². The largest absolute Gasteiger partial charge is 0.383 e. The van der Waals surface area contributed by atoms with Gasteiger partial charge in [0.05, 0.1) is 34.6 Å². The molecule has 1 aromatic heterocycles. The second kappa shape index (κ2) is 11.7. The molecule has 0 fully saturated rings. The number of carbonyl (C=O) groups excluding carboxylic acids is 2. The van der Waals surface area contributed by atoms with Crippen LogP contribution in [0.2, 0.25) is 0 Å². The molecule has 2 amide bonds. The first kappa shape index (κ1) is 24.5. The van der Waals surface area contributed by atoms with E-state index in [-0.39, 0.29) is 17.6 Å². The number of carbonyl (C=O) groups is 2. The van der Waals surface area contributed by atoms with Crippen molar-refractivity contribution in [2.75, 3.05) is 24.8 Å². The number of amides is 2. The van der Waals surface area contributed by atoms with Crippen molar-refractivity contribution in [2.24, 2.45) is 0 Å². The van der Waals surface area contributed by atoms with Gasteiger partial charge in [-0.05, 0) is 36.8 Å². The third-order valence-electron chi connectivity index (χ3n) is 5.49. The van der Waals surface area contributed by atoms with E-state index in [9.17, 15) is 9.59 Å². The van der Waals surface area contributed by atoms with Crippen LogP contribution in [0.1, 0.15) is 21.5 Å². The van der Waals surface area contributed by atoms with Crippen LogP contribution in [-0.2, 0) is 22.6 Å². The van der Waals surface area contributed by atoms with Crippen molar-refractivity contribution >= 4 is 40.3 Å². The van der Waals surface area contributed by atoms with Crippen molar-refractivity contribution in [3.05, 3.63) is 89.5 Å². The summed E-state index contributed by atoms with van der Waals surface area (Å²) in [6, 6.07) is 22.9. The molecule has 4 aromatic rings. The number of nitrogens with one attached hydrogen (secondary N) is 2. The number of anilines is 1. The predicted molar refractivity (Wildman–Crippen MR) is 140 cm³/mol. The monoisotopic (exact) mass is 488 g/mol. The Labute approximate surface area is 208 Å². The summed E-state index contributed by atoms with van der Waals surface area (Å²) in [5, 5.41) is 6.56. The molecule has 35 heavy (non-hydrogen) atoms. The highest BCUT2D eigenvalue weighted by molar-refractivity contribution is 7.99. The second-order valence-corrected chi connectivity index (χ2v) is 9.02. The first-order chi connectivity index (χ1) is 17.0. The number of thioether (sulfide) groups is 1. The molecule has 4 rings (SSSR count). The lowest BCUT2D eigenvalue weighted by Gasteiger charge is -2.12. The fourth-order valence-electron chi connectivity index (χ4n) is 3.65. The fourth-order valence-corrected chi connectivity index (χ4v) is 4.49. The lowest BCUT2D eigenvalue weighted by Crippen LogP contribution is -2.25. The summed E-state index contributed by atoms with van der Waals surface area (Å²) >= 11 is 1.36. The molecule has 3 aromatic carbocycles. The first-order valence-corrected chi connectivity index (χ1v) is 12.3. The van der Waals surface area contributed by atoms with Crippen molar-refractivity contribution < 1.29 is 14.3 Å². The maximum absolute atomic E-state index is 12.8. The summed E-state index contributed by atoms with van der Waals surface area (Å²) in [5.74, 6) is -0.287. The quantitative estimate of drug-likeness (QED) is 0.317. The van der Waals surface area contributed by atoms with Crippen molar-refractivity contribution in [1.29, 1.82) is 0 Å². The maximum atomic E-state index is 12.8. The topological polar surface area (TPSA) is 85.2 Å². The van der Waals surface area contributed by atoms with Gasteiger partial charge in [-0.1, -0.05) is 65.9 Å². The summed E-state index contributed by atoms with van der Waals surface area (Å²) < 4.78 is 7.30. The molecule has 0 aliphatic heterocycles. The molecule has 2 N–H and O–H groups in total. The summed E-state index contributed by atoms with van der Waals surface area (Å²) in [5.41, 5.74) is 4.96. The molecule has 0 aliphatic rings. The smallest absolute Gasteiger partial charge is 0.253 e. The summed E-state index contributed by atoms with van der Waals surface area (Å²) in [4.78, 5) is 30.3. The van der Waals surface area contributed by atoms with Crippen LogP contribution in [-0.4, -0.2) is 40.8 Å². The van der Waals surface area contributed by atoms with Crippen LogP contribution in [0.3, 0.4) is 0 Å². The SMILES string of the molecule is COCCn1c(SCC(=O)Nc2ccccc2C(=O)NCc2ccc(C)cc2)nc2ccccc21. The van der Waals surface area contributed by atoms with Gasteiger partial charge in [-0.25, -0.2) is 4.98 Å². The average Bonchev–Trinajstić information content (AvgIpc) is 3.23. The van der Waals surface area contributed by atoms with Gasteiger partial charge in [0.25, 0.3) is 5.91 Å². The minimum absolute atomic E-state index is 0.162. The van der Waals surface area contributed by atoms with E-state index in [0.29, 0.717) is 30.9 Å². The molecule has 0 bridgehead atoms. The zero-order chi connectivity index (χ0) is 24.6.